The van der Waals surface area contributed by atoms with Gasteiger partial charge in [-0.25, -0.2) is 0 Å². The molecule has 1 saturated heterocycles. The van der Waals surface area contributed by atoms with Crippen LogP contribution in [0.1, 0.15) is 49.6 Å². The molecule has 1 fully saturated rings. The van der Waals surface area contributed by atoms with E-state index >= 15 is 0 Å². The number of nitrogens with one attached hydrogen (secondary N) is 1. The van der Waals surface area contributed by atoms with Crippen LogP contribution in [0.5, 0.6) is 0 Å². The molecule has 1 unspecified atom stereocenters. The number of hydrogen-bond acceptors (Lipinski definition) is 4. The zero-order chi connectivity index (χ0) is 16.5. The summed E-state index contributed by atoms with van der Waals surface area (Å²) in [5, 5.41) is 2.90. The van der Waals surface area contributed by atoms with Crippen molar-refractivity contribution in [2.45, 2.75) is 45.1 Å². The molecule has 23 heavy (non-hydrogen) atoms. The van der Waals surface area contributed by atoms with E-state index in [0.29, 0.717) is 26.1 Å². The molecule has 6 nitrogen and oxygen atoms in total. The van der Waals surface area contributed by atoms with Crippen LogP contribution in [0.3, 0.4) is 0 Å². The number of carbonyl (C=O) groups excluding carboxylic acids is 2. The van der Waals surface area contributed by atoms with E-state index in [2.05, 4.69) is 12.2 Å². The van der Waals surface area contributed by atoms with Crippen LogP contribution >= 0.6 is 0 Å². The van der Waals surface area contributed by atoms with Crippen molar-refractivity contribution in [3.8, 4) is 0 Å². The molecular formula is C17H26N2O4. The highest BCUT2D eigenvalue weighted by atomic mass is 16.5. The second-order valence-electron chi connectivity index (χ2n) is 5.74. The fourth-order valence-corrected chi connectivity index (χ4v) is 2.68. The Labute approximate surface area is 137 Å². The Morgan fingerprint density at radius 3 is 2.96 bits per heavy atom. The fraction of sp³-hybridized carbons (Fsp3) is 0.647. The van der Waals surface area contributed by atoms with E-state index < -0.39 is 6.04 Å². The summed E-state index contributed by atoms with van der Waals surface area (Å²) in [6.45, 7) is 4.72. The first-order valence-corrected chi connectivity index (χ1v) is 8.44. The average Bonchev–Trinajstić information content (AvgIpc) is 3.24. The molecule has 1 aromatic rings. The lowest BCUT2D eigenvalue weighted by Gasteiger charge is -2.23. The van der Waals surface area contributed by atoms with Gasteiger partial charge in [0, 0.05) is 26.3 Å². The molecule has 0 saturated carbocycles. The minimum atomic E-state index is -0.395. The first-order chi connectivity index (χ1) is 11.2. The lowest BCUT2D eigenvalue weighted by Crippen LogP contribution is -2.46. The second kappa shape index (κ2) is 9.35. The van der Waals surface area contributed by atoms with Gasteiger partial charge >= 0.3 is 0 Å². The topological polar surface area (TPSA) is 71.8 Å². The smallest absolute Gasteiger partial charge is 0.290 e. The van der Waals surface area contributed by atoms with Gasteiger partial charge in [-0.1, -0.05) is 13.3 Å². The number of nitrogens with zero attached hydrogens (tertiary/aromatic N) is 1. The van der Waals surface area contributed by atoms with E-state index in [1.807, 2.05) is 0 Å². The molecule has 1 aliphatic rings. The van der Waals surface area contributed by atoms with Gasteiger partial charge in [-0.2, -0.15) is 0 Å². The van der Waals surface area contributed by atoms with Gasteiger partial charge in [0.1, 0.15) is 6.04 Å². The van der Waals surface area contributed by atoms with Crippen LogP contribution in [-0.4, -0.2) is 49.1 Å². The number of carbonyl (C=O) groups is 2. The van der Waals surface area contributed by atoms with E-state index in [9.17, 15) is 9.59 Å². The number of hydrogen-bond donors (Lipinski definition) is 1. The van der Waals surface area contributed by atoms with Gasteiger partial charge in [-0.05, 0) is 37.8 Å². The highest BCUT2D eigenvalue weighted by Crippen LogP contribution is 2.20. The third kappa shape index (κ3) is 5.10. The first-order valence-electron chi connectivity index (χ1n) is 8.44. The summed E-state index contributed by atoms with van der Waals surface area (Å²) in [6.07, 6.45) is 5.98. The van der Waals surface area contributed by atoms with Crippen LogP contribution in [-0.2, 0) is 9.53 Å². The van der Waals surface area contributed by atoms with Crippen molar-refractivity contribution in [3.05, 3.63) is 24.2 Å². The molecule has 2 amide bonds. The zero-order valence-corrected chi connectivity index (χ0v) is 13.8. The maximum atomic E-state index is 12.3. The van der Waals surface area contributed by atoms with Crippen molar-refractivity contribution >= 4 is 11.8 Å². The maximum Gasteiger partial charge on any atom is 0.290 e. The molecule has 1 atom stereocenters. The highest BCUT2D eigenvalue weighted by Gasteiger charge is 2.35. The van der Waals surface area contributed by atoms with Gasteiger partial charge in [0.2, 0.25) is 5.91 Å². The summed E-state index contributed by atoms with van der Waals surface area (Å²) in [7, 11) is 0. The van der Waals surface area contributed by atoms with Crippen LogP contribution in [0.15, 0.2) is 22.8 Å². The summed E-state index contributed by atoms with van der Waals surface area (Å²) in [5.41, 5.74) is 0. The Kier molecular flexibility index (Phi) is 7.13. The minimum absolute atomic E-state index is 0.0871. The van der Waals surface area contributed by atoms with E-state index in [-0.39, 0.29) is 17.6 Å². The van der Waals surface area contributed by atoms with Crippen LogP contribution in [0.4, 0.5) is 0 Å². The predicted octanol–water partition coefficient (Wildman–Crippen LogP) is 2.21. The number of ether oxygens (including phenoxy) is 1. The number of furan rings is 1. The van der Waals surface area contributed by atoms with Crippen LogP contribution in [0.25, 0.3) is 0 Å². The summed E-state index contributed by atoms with van der Waals surface area (Å²) >= 11 is 0. The molecule has 2 heterocycles. The Morgan fingerprint density at radius 1 is 1.39 bits per heavy atom. The van der Waals surface area contributed by atoms with Gasteiger partial charge < -0.3 is 19.4 Å². The average molecular weight is 322 g/mol. The summed E-state index contributed by atoms with van der Waals surface area (Å²) in [5.74, 6) is -0.0134. The maximum absolute atomic E-state index is 12.3. The Bertz CT molecular complexity index is 487. The summed E-state index contributed by atoms with van der Waals surface area (Å²) in [6, 6.07) is 2.91. The minimum Gasteiger partial charge on any atom is -0.459 e. The third-order valence-electron chi connectivity index (χ3n) is 3.96. The SMILES string of the molecule is CCCCOCCCNC(=O)C1CCCN1C(=O)c1ccco1. The number of likely N-dealkylation sites (tertiary alicyclic amines) is 1. The van der Waals surface area contributed by atoms with Crippen molar-refractivity contribution in [2.24, 2.45) is 0 Å². The van der Waals surface area contributed by atoms with Crippen LogP contribution in [0, 0.1) is 0 Å². The van der Waals surface area contributed by atoms with Gasteiger partial charge in [0.05, 0.1) is 6.26 Å². The van der Waals surface area contributed by atoms with E-state index in [1.54, 1.807) is 17.0 Å². The van der Waals surface area contributed by atoms with E-state index in [1.165, 1.54) is 6.26 Å². The normalized spacial score (nSPS) is 17.4. The molecule has 0 aromatic carbocycles. The largest absolute Gasteiger partial charge is 0.459 e. The fourth-order valence-electron chi connectivity index (χ4n) is 2.68. The standard InChI is InChI=1S/C17H26N2O4/c1-2-3-11-22-12-6-9-18-16(20)14-7-4-10-19(14)17(21)15-8-5-13-23-15/h5,8,13-14H,2-4,6-7,9-12H2,1H3,(H,18,20). The van der Waals surface area contributed by atoms with Crippen molar-refractivity contribution in [1.82, 2.24) is 10.2 Å². The van der Waals surface area contributed by atoms with Crippen molar-refractivity contribution in [3.63, 3.8) is 0 Å². The first kappa shape index (κ1) is 17.5. The lowest BCUT2D eigenvalue weighted by atomic mass is 10.2. The lowest BCUT2D eigenvalue weighted by molar-refractivity contribution is -0.124. The van der Waals surface area contributed by atoms with Crippen molar-refractivity contribution in [2.75, 3.05) is 26.3 Å². The molecule has 128 valence electrons. The van der Waals surface area contributed by atoms with Gasteiger partial charge in [-0.15, -0.1) is 0 Å². The zero-order valence-electron chi connectivity index (χ0n) is 13.8. The second-order valence-corrected chi connectivity index (χ2v) is 5.74. The third-order valence-corrected chi connectivity index (χ3v) is 3.96. The summed E-state index contributed by atoms with van der Waals surface area (Å²) < 4.78 is 10.6. The molecule has 1 N–H and O–H groups in total. The predicted molar refractivity (Wildman–Crippen MR) is 86.1 cm³/mol. The Balaban J connectivity index is 1.72. The Morgan fingerprint density at radius 2 is 2.22 bits per heavy atom. The van der Waals surface area contributed by atoms with Crippen LogP contribution < -0.4 is 5.32 Å². The highest BCUT2D eigenvalue weighted by molar-refractivity contribution is 5.95. The van der Waals surface area contributed by atoms with E-state index in [4.69, 9.17) is 9.15 Å². The molecule has 1 aliphatic heterocycles. The van der Waals surface area contributed by atoms with Gasteiger partial charge in [-0.3, -0.25) is 9.59 Å². The Hall–Kier alpha value is -1.82. The van der Waals surface area contributed by atoms with Gasteiger partial charge in [0.15, 0.2) is 5.76 Å². The molecule has 1 aromatic heterocycles. The monoisotopic (exact) mass is 322 g/mol. The van der Waals surface area contributed by atoms with Crippen molar-refractivity contribution in [1.29, 1.82) is 0 Å². The quantitative estimate of drug-likeness (QED) is 0.708. The van der Waals surface area contributed by atoms with E-state index in [0.717, 1.165) is 32.3 Å². The number of amides is 2. The summed E-state index contributed by atoms with van der Waals surface area (Å²) in [4.78, 5) is 26.2. The van der Waals surface area contributed by atoms with Gasteiger partial charge in [0.25, 0.3) is 5.91 Å². The van der Waals surface area contributed by atoms with Crippen LogP contribution in [0.2, 0.25) is 0 Å². The molecular weight excluding hydrogens is 296 g/mol. The number of unbranched alkanes of at least 4 members (excludes halogenated alkanes) is 1. The molecule has 2 rings (SSSR count). The molecule has 0 spiro atoms. The molecule has 6 heteroatoms. The molecule has 0 radical (unpaired) electrons. The number of rotatable bonds is 9. The van der Waals surface area contributed by atoms with Crippen molar-refractivity contribution < 1.29 is 18.7 Å². The molecule has 0 bridgehead atoms. The molecule has 0 aliphatic carbocycles.